The van der Waals surface area contributed by atoms with E-state index in [1.165, 1.54) is 5.57 Å². The standard InChI is InChI=1S/C66H46N4/c67-43-53-39-51(45-19-7-1-8-20-45)41-59(47-23-11-3-12-24-47)65(53)69(55-27-15-5-16-28-55)61-37-33-49-32-36-58-62(38-34-50-31-35-57(61)63(49)64(50)58)70(56-29-17-6-18-30-56)66-54(44-68)40-52(46-21-9-2-10-22-46)42-60(66)48-25-13-4-14-26-48/h1-13,15-25,27-42,60,66H,14,26H2. The van der Waals surface area contributed by atoms with Crippen molar-refractivity contribution in [2.45, 2.75) is 18.9 Å². The molecule has 0 saturated heterocycles. The number of allylic oxidation sites excluding steroid dienone is 5. The molecule has 70 heavy (non-hydrogen) atoms. The summed E-state index contributed by atoms with van der Waals surface area (Å²) in [7, 11) is 0. The first-order valence-corrected chi connectivity index (χ1v) is 24.0. The Balaban J connectivity index is 1.10. The van der Waals surface area contributed by atoms with Gasteiger partial charge in [0.1, 0.15) is 6.07 Å². The minimum atomic E-state index is -0.320. The van der Waals surface area contributed by atoms with Gasteiger partial charge in [-0.15, -0.1) is 0 Å². The molecule has 2 aliphatic rings. The minimum absolute atomic E-state index is 0.0778. The molecule has 4 heteroatoms. The maximum atomic E-state index is 11.3. The number of anilines is 5. The zero-order valence-electron chi connectivity index (χ0n) is 38.5. The van der Waals surface area contributed by atoms with Crippen LogP contribution in [0, 0.1) is 28.6 Å². The largest absolute Gasteiger partial charge is 0.332 e. The molecule has 2 unspecified atom stereocenters. The maximum Gasteiger partial charge on any atom is 0.101 e. The first-order valence-electron chi connectivity index (χ1n) is 24.0. The first kappa shape index (κ1) is 42.2. The molecular formula is C66H46N4. The smallest absolute Gasteiger partial charge is 0.101 e. The van der Waals surface area contributed by atoms with E-state index in [-0.39, 0.29) is 12.0 Å². The van der Waals surface area contributed by atoms with Crippen LogP contribution in [0.5, 0.6) is 0 Å². The number of rotatable bonds is 10. The highest BCUT2D eigenvalue weighted by Crippen LogP contribution is 2.51. The van der Waals surface area contributed by atoms with Gasteiger partial charge in [-0.3, -0.25) is 0 Å². The van der Waals surface area contributed by atoms with E-state index in [0.29, 0.717) is 5.56 Å². The average molecular weight is 895 g/mol. The van der Waals surface area contributed by atoms with Crippen molar-refractivity contribution in [3.05, 3.63) is 265 Å². The van der Waals surface area contributed by atoms with Crippen LogP contribution in [0.1, 0.15) is 24.0 Å². The third kappa shape index (κ3) is 7.41. The molecular weight excluding hydrogens is 849 g/mol. The van der Waals surface area contributed by atoms with Crippen molar-refractivity contribution in [2.24, 2.45) is 5.92 Å². The molecule has 0 aromatic heterocycles. The fraction of sp³-hybridized carbons (Fsp3) is 0.0606. The van der Waals surface area contributed by atoms with Crippen LogP contribution in [-0.2, 0) is 0 Å². The van der Waals surface area contributed by atoms with Gasteiger partial charge >= 0.3 is 0 Å². The molecule has 0 N–H and O–H groups in total. The summed E-state index contributed by atoms with van der Waals surface area (Å²) in [6.45, 7) is 0. The van der Waals surface area contributed by atoms with Crippen molar-refractivity contribution in [2.75, 3.05) is 9.80 Å². The lowest BCUT2D eigenvalue weighted by Gasteiger charge is -2.41. The summed E-state index contributed by atoms with van der Waals surface area (Å²) in [6, 6.07) is 79.5. The van der Waals surface area contributed by atoms with Crippen molar-refractivity contribution < 1.29 is 0 Å². The van der Waals surface area contributed by atoms with Gasteiger partial charge in [0.2, 0.25) is 0 Å². The molecule has 0 aliphatic heterocycles. The van der Waals surface area contributed by atoms with Gasteiger partial charge < -0.3 is 9.80 Å². The van der Waals surface area contributed by atoms with E-state index in [1.54, 1.807) is 0 Å². The second-order valence-electron chi connectivity index (χ2n) is 18.1. The summed E-state index contributed by atoms with van der Waals surface area (Å²) >= 11 is 0. The lowest BCUT2D eigenvalue weighted by atomic mass is 9.76. The van der Waals surface area contributed by atoms with Crippen molar-refractivity contribution >= 4 is 66.3 Å². The van der Waals surface area contributed by atoms with E-state index in [2.05, 4.69) is 222 Å². The van der Waals surface area contributed by atoms with E-state index >= 15 is 0 Å². The molecule has 2 atom stereocenters. The Morgan fingerprint density at radius 3 is 1.66 bits per heavy atom. The number of hydrogen-bond acceptors (Lipinski definition) is 4. The molecule has 10 aromatic carbocycles. The highest BCUT2D eigenvalue weighted by molar-refractivity contribution is 6.28. The van der Waals surface area contributed by atoms with Crippen molar-refractivity contribution in [1.82, 2.24) is 0 Å². The molecule has 0 saturated carbocycles. The fourth-order valence-electron chi connectivity index (χ4n) is 11.0. The average Bonchev–Trinajstić information content (AvgIpc) is 3.44. The highest BCUT2D eigenvalue weighted by Gasteiger charge is 2.37. The third-order valence-corrected chi connectivity index (χ3v) is 14.1. The van der Waals surface area contributed by atoms with Gasteiger partial charge in [0.15, 0.2) is 0 Å². The third-order valence-electron chi connectivity index (χ3n) is 14.1. The zero-order chi connectivity index (χ0) is 47.0. The molecule has 0 fully saturated rings. The summed E-state index contributed by atoms with van der Waals surface area (Å²) in [5.41, 5.74) is 13.6. The van der Waals surface area contributed by atoms with E-state index < -0.39 is 0 Å². The molecule has 0 spiro atoms. The van der Waals surface area contributed by atoms with Gasteiger partial charge in [-0.05, 0) is 117 Å². The van der Waals surface area contributed by atoms with Gasteiger partial charge in [0.25, 0.3) is 0 Å². The van der Waals surface area contributed by atoms with E-state index in [1.807, 2.05) is 42.5 Å². The van der Waals surface area contributed by atoms with Gasteiger partial charge in [0.05, 0.1) is 34.6 Å². The molecule has 0 amide bonds. The zero-order valence-corrected chi connectivity index (χ0v) is 38.5. The van der Waals surface area contributed by atoms with Gasteiger partial charge in [-0.1, -0.05) is 194 Å². The molecule has 2 aliphatic carbocycles. The summed E-state index contributed by atoms with van der Waals surface area (Å²) in [5, 5.41) is 29.2. The van der Waals surface area contributed by atoms with Crippen LogP contribution in [-0.4, -0.2) is 6.04 Å². The Kier molecular flexibility index (Phi) is 10.9. The van der Waals surface area contributed by atoms with Gasteiger partial charge in [-0.25, -0.2) is 0 Å². The quantitative estimate of drug-likeness (QED) is 0.128. The predicted molar refractivity (Wildman–Crippen MR) is 291 cm³/mol. The molecule has 0 heterocycles. The Morgan fingerprint density at radius 1 is 0.500 bits per heavy atom. The normalized spacial score (nSPS) is 15.5. The Bertz CT molecular complexity index is 3780. The minimum Gasteiger partial charge on any atom is -0.332 e. The second-order valence-corrected chi connectivity index (χ2v) is 18.1. The molecule has 10 aromatic rings. The molecule has 330 valence electrons. The van der Waals surface area contributed by atoms with Crippen LogP contribution in [0.4, 0.5) is 28.4 Å². The second kappa shape index (κ2) is 18.1. The van der Waals surface area contributed by atoms with Crippen LogP contribution in [0.25, 0.3) is 60.1 Å². The van der Waals surface area contributed by atoms with Crippen molar-refractivity contribution in [3.8, 4) is 34.4 Å². The van der Waals surface area contributed by atoms with E-state index in [0.717, 1.165) is 113 Å². The Morgan fingerprint density at radius 2 is 1.06 bits per heavy atom. The van der Waals surface area contributed by atoms with Crippen LogP contribution in [0.15, 0.2) is 254 Å². The summed E-state index contributed by atoms with van der Waals surface area (Å²) < 4.78 is 0. The summed E-state index contributed by atoms with van der Waals surface area (Å²) in [5.74, 6) is -0.0778. The molecule has 12 rings (SSSR count). The predicted octanol–water partition coefficient (Wildman–Crippen LogP) is 17.2. The van der Waals surface area contributed by atoms with Gasteiger partial charge in [0, 0.05) is 39.3 Å². The van der Waals surface area contributed by atoms with Crippen molar-refractivity contribution in [3.63, 3.8) is 0 Å². The number of para-hydroxylation sites is 2. The Labute approximate surface area is 408 Å². The Hall–Kier alpha value is -9.22. The lowest BCUT2D eigenvalue weighted by molar-refractivity contribution is 0.596. The molecule has 4 nitrogen and oxygen atoms in total. The van der Waals surface area contributed by atoms with Gasteiger partial charge in [-0.2, -0.15) is 10.5 Å². The number of benzene rings is 10. The molecule has 0 radical (unpaired) electrons. The SMILES string of the molecule is N#CC1=CC(c2ccccc2)=CC(C2=CC=CCC2)C1N(c1ccccc1)c1ccc2ccc3c(N(c4ccccc4)c4c(C#N)cc(-c5ccccc5)cc4-c4ccccc4)ccc4ccc1c2c43. The van der Waals surface area contributed by atoms with Crippen LogP contribution >= 0.6 is 0 Å². The molecule has 0 bridgehead atoms. The van der Waals surface area contributed by atoms with Crippen LogP contribution in [0.3, 0.4) is 0 Å². The number of hydrogen-bond donors (Lipinski definition) is 0. The fourth-order valence-corrected chi connectivity index (χ4v) is 11.0. The van der Waals surface area contributed by atoms with Crippen LogP contribution in [0.2, 0.25) is 0 Å². The first-order chi connectivity index (χ1) is 34.7. The van der Waals surface area contributed by atoms with Crippen LogP contribution < -0.4 is 9.80 Å². The highest BCUT2D eigenvalue weighted by atomic mass is 15.2. The lowest BCUT2D eigenvalue weighted by Crippen LogP contribution is -2.41. The maximum absolute atomic E-state index is 11.3. The summed E-state index contributed by atoms with van der Waals surface area (Å²) in [6.07, 6.45) is 13.1. The number of nitrogens with zero attached hydrogens (tertiary/aromatic N) is 4. The summed E-state index contributed by atoms with van der Waals surface area (Å²) in [4.78, 5) is 4.72. The monoisotopic (exact) mass is 894 g/mol. The number of nitriles is 2. The topological polar surface area (TPSA) is 54.1 Å². The van der Waals surface area contributed by atoms with E-state index in [9.17, 15) is 10.5 Å². The van der Waals surface area contributed by atoms with E-state index in [4.69, 9.17) is 0 Å². The van der Waals surface area contributed by atoms with Crippen molar-refractivity contribution in [1.29, 1.82) is 10.5 Å².